The minimum atomic E-state index is 0.232. The van der Waals surface area contributed by atoms with Crippen molar-refractivity contribution in [2.75, 3.05) is 14.1 Å². The van der Waals surface area contributed by atoms with Crippen LogP contribution >= 0.6 is 10.9 Å². The summed E-state index contributed by atoms with van der Waals surface area (Å²) in [5, 5.41) is 0. The molecule has 0 bridgehead atoms. The molecule has 2 heterocycles. The van der Waals surface area contributed by atoms with E-state index in [0.29, 0.717) is 0 Å². The number of nitrogens with zero attached hydrogens (tertiary/aromatic N) is 2. The largest absolute Gasteiger partial charge is 0.315 e. The molecule has 0 aromatic carbocycles. The summed E-state index contributed by atoms with van der Waals surface area (Å²) in [4.78, 5) is 1.64. The molecule has 0 unspecified atom stereocenters. The van der Waals surface area contributed by atoms with E-state index in [-0.39, 0.29) is 10.9 Å². The second kappa shape index (κ2) is 2.41. The Morgan fingerprint density at radius 2 is 1.62 bits per heavy atom. The van der Waals surface area contributed by atoms with Gasteiger partial charge in [0.25, 0.3) is 0 Å². The molecular formula is C10H14N2S. The van der Waals surface area contributed by atoms with Crippen LogP contribution in [0.5, 0.6) is 0 Å². The molecule has 1 saturated carbocycles. The molecule has 1 fully saturated rings. The molecule has 3 rings (SSSR count). The summed E-state index contributed by atoms with van der Waals surface area (Å²) >= 11 is 0. The SMILES string of the molecule is CN1C=C2CCCC3=CN(C)S1=C23. The van der Waals surface area contributed by atoms with Crippen LogP contribution in [0.4, 0.5) is 0 Å². The molecule has 3 aliphatic rings. The summed E-state index contributed by atoms with van der Waals surface area (Å²) < 4.78 is 4.72. The van der Waals surface area contributed by atoms with Gasteiger partial charge in [0, 0.05) is 42.2 Å². The molecule has 70 valence electrons. The highest BCUT2D eigenvalue weighted by atomic mass is 32.2. The minimum Gasteiger partial charge on any atom is -0.315 e. The van der Waals surface area contributed by atoms with Crippen molar-refractivity contribution in [3.63, 3.8) is 0 Å². The Balaban J connectivity index is 2.17. The second-order valence-electron chi connectivity index (χ2n) is 3.85. The van der Waals surface area contributed by atoms with Crippen molar-refractivity contribution in [1.29, 1.82) is 0 Å². The van der Waals surface area contributed by atoms with Gasteiger partial charge in [-0.3, -0.25) is 0 Å². The summed E-state index contributed by atoms with van der Waals surface area (Å²) in [5.41, 5.74) is 3.18. The molecule has 0 spiro atoms. The first-order valence-corrected chi connectivity index (χ1v) is 5.90. The van der Waals surface area contributed by atoms with E-state index < -0.39 is 0 Å². The highest BCUT2D eigenvalue weighted by Crippen LogP contribution is 2.45. The average Bonchev–Trinajstić information content (AvgIpc) is 2.57. The lowest BCUT2D eigenvalue weighted by molar-refractivity contribution is 0.668. The predicted molar refractivity (Wildman–Crippen MR) is 58.1 cm³/mol. The summed E-state index contributed by atoms with van der Waals surface area (Å²) in [6, 6.07) is 0. The van der Waals surface area contributed by atoms with Crippen LogP contribution in [0.3, 0.4) is 0 Å². The van der Waals surface area contributed by atoms with Crippen LogP contribution in [0.2, 0.25) is 0 Å². The Morgan fingerprint density at radius 1 is 1.08 bits per heavy atom. The van der Waals surface area contributed by atoms with Crippen molar-refractivity contribution < 1.29 is 0 Å². The van der Waals surface area contributed by atoms with Gasteiger partial charge < -0.3 is 8.61 Å². The summed E-state index contributed by atoms with van der Waals surface area (Å²) in [7, 11) is 4.61. The molecule has 2 nitrogen and oxygen atoms in total. The zero-order valence-corrected chi connectivity index (χ0v) is 8.90. The third-order valence-corrected chi connectivity index (χ3v) is 5.07. The van der Waals surface area contributed by atoms with E-state index >= 15 is 0 Å². The Kier molecular flexibility index (Phi) is 1.42. The molecule has 13 heavy (non-hydrogen) atoms. The van der Waals surface area contributed by atoms with E-state index in [2.05, 4.69) is 35.1 Å². The van der Waals surface area contributed by atoms with E-state index in [1.54, 1.807) is 16.0 Å². The smallest absolute Gasteiger partial charge is 0.0467 e. The van der Waals surface area contributed by atoms with E-state index in [0.717, 1.165) is 0 Å². The zero-order valence-electron chi connectivity index (χ0n) is 8.08. The van der Waals surface area contributed by atoms with Crippen LogP contribution < -0.4 is 0 Å². The number of hydrogen-bond donors (Lipinski definition) is 0. The van der Waals surface area contributed by atoms with Gasteiger partial charge in [0.15, 0.2) is 0 Å². The van der Waals surface area contributed by atoms with Crippen molar-refractivity contribution in [3.8, 4) is 0 Å². The number of hydrogen-bond acceptors (Lipinski definition) is 2. The normalized spacial score (nSPS) is 26.5. The second-order valence-corrected chi connectivity index (χ2v) is 5.94. The molecule has 0 aromatic rings. The van der Waals surface area contributed by atoms with Gasteiger partial charge in [0.05, 0.1) is 0 Å². The van der Waals surface area contributed by atoms with Gasteiger partial charge >= 0.3 is 0 Å². The summed E-state index contributed by atoms with van der Waals surface area (Å²) in [6.07, 6.45) is 8.57. The average molecular weight is 194 g/mol. The van der Waals surface area contributed by atoms with Gasteiger partial charge in [-0.1, -0.05) is 0 Å². The molecule has 0 saturated heterocycles. The van der Waals surface area contributed by atoms with Gasteiger partial charge in [-0.05, 0) is 30.4 Å². The van der Waals surface area contributed by atoms with Gasteiger partial charge in [0.1, 0.15) is 0 Å². The van der Waals surface area contributed by atoms with Crippen LogP contribution in [-0.2, 0) is 0 Å². The highest BCUT2D eigenvalue weighted by Gasteiger charge is 2.32. The Labute approximate surface area is 81.7 Å². The fourth-order valence-electron chi connectivity index (χ4n) is 2.41. The quantitative estimate of drug-likeness (QED) is 0.545. The third kappa shape index (κ3) is 0.881. The third-order valence-electron chi connectivity index (χ3n) is 2.88. The first-order valence-electron chi connectivity index (χ1n) is 4.76. The van der Waals surface area contributed by atoms with Crippen LogP contribution in [0.1, 0.15) is 19.3 Å². The lowest BCUT2D eigenvalue weighted by Gasteiger charge is -2.21. The lowest BCUT2D eigenvalue weighted by Crippen LogP contribution is -2.10. The van der Waals surface area contributed by atoms with Crippen LogP contribution in [0.15, 0.2) is 23.5 Å². The van der Waals surface area contributed by atoms with Gasteiger partial charge in [0.2, 0.25) is 0 Å². The maximum absolute atomic E-state index is 2.36. The molecule has 0 aromatic heterocycles. The summed E-state index contributed by atoms with van der Waals surface area (Å²) in [6.45, 7) is 0. The standard InChI is InChI=1S/C10H14N2S/c1-11-6-8-4-3-5-9-7-12(2)13(11)10(8)9/h6-7H,3-5H2,1-2H3. The molecule has 0 radical (unpaired) electrons. The van der Waals surface area contributed by atoms with Gasteiger partial charge in [-0.2, -0.15) is 0 Å². The van der Waals surface area contributed by atoms with E-state index in [1.807, 2.05) is 0 Å². The topological polar surface area (TPSA) is 6.48 Å². The molecule has 0 atom stereocenters. The molecular weight excluding hydrogens is 180 g/mol. The molecule has 2 aliphatic heterocycles. The minimum absolute atomic E-state index is 0.232. The predicted octanol–water partition coefficient (Wildman–Crippen LogP) is 2.10. The van der Waals surface area contributed by atoms with E-state index in [1.165, 1.54) is 19.3 Å². The number of rotatable bonds is 0. The molecule has 3 heteroatoms. The van der Waals surface area contributed by atoms with E-state index in [4.69, 9.17) is 0 Å². The van der Waals surface area contributed by atoms with Crippen LogP contribution in [-0.4, -0.2) is 27.6 Å². The zero-order chi connectivity index (χ0) is 9.00. The van der Waals surface area contributed by atoms with Crippen molar-refractivity contribution in [1.82, 2.24) is 8.61 Å². The molecule has 1 aliphatic carbocycles. The molecule has 0 N–H and O–H groups in total. The maximum Gasteiger partial charge on any atom is 0.0467 e. The van der Waals surface area contributed by atoms with Crippen molar-refractivity contribution >= 4 is 15.7 Å². The Hall–Kier alpha value is -0.700. The van der Waals surface area contributed by atoms with Crippen LogP contribution in [0, 0.1) is 0 Å². The van der Waals surface area contributed by atoms with Crippen molar-refractivity contribution in [2.24, 2.45) is 0 Å². The molecule has 0 amide bonds. The number of allylic oxidation sites excluding steroid dienone is 2. The first-order chi connectivity index (χ1) is 6.27. The first kappa shape index (κ1) is 7.68. The van der Waals surface area contributed by atoms with Gasteiger partial charge in [-0.15, -0.1) is 0 Å². The maximum atomic E-state index is 2.36. The monoisotopic (exact) mass is 194 g/mol. The lowest BCUT2D eigenvalue weighted by atomic mass is 9.91. The fourth-order valence-corrected chi connectivity index (χ4v) is 4.63. The fraction of sp³-hybridized carbons (Fsp3) is 0.500. The van der Waals surface area contributed by atoms with Crippen molar-refractivity contribution in [3.05, 3.63) is 23.5 Å². The summed E-state index contributed by atoms with van der Waals surface area (Å²) in [5.74, 6) is 0. The van der Waals surface area contributed by atoms with Crippen LogP contribution in [0.25, 0.3) is 0 Å². The van der Waals surface area contributed by atoms with Gasteiger partial charge in [-0.25, -0.2) is 0 Å². The highest BCUT2D eigenvalue weighted by molar-refractivity contribution is 8.13. The Morgan fingerprint density at radius 3 is 2.15 bits per heavy atom. The van der Waals surface area contributed by atoms with Crippen molar-refractivity contribution in [2.45, 2.75) is 19.3 Å². The Bertz CT molecular complexity index is 333. The van der Waals surface area contributed by atoms with E-state index in [9.17, 15) is 0 Å².